The Bertz CT molecular complexity index is 902. The summed E-state index contributed by atoms with van der Waals surface area (Å²) in [6.45, 7) is 0.641. The summed E-state index contributed by atoms with van der Waals surface area (Å²) in [4.78, 5) is 15.9. The lowest BCUT2D eigenvalue weighted by atomic mass is 9.91. The molecule has 26 heavy (non-hydrogen) atoms. The van der Waals surface area contributed by atoms with Crippen molar-refractivity contribution in [1.29, 1.82) is 0 Å². The van der Waals surface area contributed by atoms with E-state index in [1.165, 1.54) is 10.9 Å². The number of amides is 1. The van der Waals surface area contributed by atoms with Crippen molar-refractivity contribution in [2.24, 2.45) is 0 Å². The Morgan fingerprint density at radius 1 is 1.46 bits per heavy atom. The number of tetrazole rings is 1. The standard InChI is InChI=1S/C18H22N6O2/c1-26-12-7-8-15-14(10-12)13-4-2-5-16(18(13)21-15)20-17(25)6-3-9-24-11-19-22-23-24/h7-8,10-11,16,21H,2-6,9H2,1H3,(H,20,25)/t16-/m1/s1. The molecular weight excluding hydrogens is 332 g/mol. The van der Waals surface area contributed by atoms with Crippen LogP contribution in [0.4, 0.5) is 0 Å². The Morgan fingerprint density at radius 2 is 2.38 bits per heavy atom. The van der Waals surface area contributed by atoms with Crippen LogP contribution in [0.5, 0.6) is 5.75 Å². The summed E-state index contributed by atoms with van der Waals surface area (Å²) >= 11 is 0. The number of ether oxygens (including phenoxy) is 1. The van der Waals surface area contributed by atoms with Crippen molar-refractivity contribution in [1.82, 2.24) is 30.5 Å². The summed E-state index contributed by atoms with van der Waals surface area (Å²) in [5.41, 5.74) is 3.52. The molecule has 0 saturated heterocycles. The second-order valence-corrected chi connectivity index (χ2v) is 6.62. The van der Waals surface area contributed by atoms with Crippen LogP contribution in [0.2, 0.25) is 0 Å². The van der Waals surface area contributed by atoms with Gasteiger partial charge in [0.2, 0.25) is 5.91 Å². The van der Waals surface area contributed by atoms with Crippen LogP contribution in [0.3, 0.4) is 0 Å². The van der Waals surface area contributed by atoms with E-state index < -0.39 is 0 Å². The third-order valence-corrected chi connectivity index (χ3v) is 4.93. The van der Waals surface area contributed by atoms with Crippen LogP contribution in [-0.2, 0) is 17.8 Å². The van der Waals surface area contributed by atoms with Crippen LogP contribution in [0.1, 0.15) is 43.0 Å². The van der Waals surface area contributed by atoms with Gasteiger partial charge in [-0.3, -0.25) is 4.79 Å². The first kappa shape index (κ1) is 16.6. The fourth-order valence-corrected chi connectivity index (χ4v) is 3.66. The molecule has 1 aromatic carbocycles. The average Bonchev–Trinajstić information content (AvgIpc) is 3.29. The van der Waals surface area contributed by atoms with E-state index in [1.807, 2.05) is 12.1 Å². The summed E-state index contributed by atoms with van der Waals surface area (Å²) in [5.74, 6) is 0.917. The van der Waals surface area contributed by atoms with Crippen molar-refractivity contribution in [2.45, 2.75) is 44.7 Å². The maximum absolute atomic E-state index is 12.4. The highest BCUT2D eigenvalue weighted by Gasteiger charge is 2.25. The van der Waals surface area contributed by atoms with Gasteiger partial charge in [-0.2, -0.15) is 0 Å². The molecule has 0 bridgehead atoms. The van der Waals surface area contributed by atoms with Gasteiger partial charge in [-0.05, 0) is 59.9 Å². The van der Waals surface area contributed by atoms with Gasteiger partial charge in [-0.25, -0.2) is 4.68 Å². The third kappa shape index (κ3) is 3.26. The number of nitrogens with one attached hydrogen (secondary N) is 2. The van der Waals surface area contributed by atoms with E-state index in [2.05, 4.69) is 31.9 Å². The number of aromatic amines is 1. The Kier molecular flexibility index (Phi) is 4.55. The van der Waals surface area contributed by atoms with Crippen molar-refractivity contribution < 1.29 is 9.53 Å². The second kappa shape index (κ2) is 7.15. The van der Waals surface area contributed by atoms with E-state index in [1.54, 1.807) is 18.1 Å². The van der Waals surface area contributed by atoms with Crippen molar-refractivity contribution >= 4 is 16.8 Å². The molecule has 1 amide bonds. The van der Waals surface area contributed by atoms with Crippen molar-refractivity contribution in [2.75, 3.05) is 7.11 Å². The number of methoxy groups -OCH3 is 1. The number of carbonyl (C=O) groups excluding carboxylic acids is 1. The van der Waals surface area contributed by atoms with E-state index in [0.717, 1.165) is 36.2 Å². The van der Waals surface area contributed by atoms with Gasteiger partial charge in [0.25, 0.3) is 0 Å². The second-order valence-electron chi connectivity index (χ2n) is 6.62. The van der Waals surface area contributed by atoms with Gasteiger partial charge >= 0.3 is 0 Å². The monoisotopic (exact) mass is 354 g/mol. The van der Waals surface area contributed by atoms with E-state index >= 15 is 0 Å². The third-order valence-electron chi connectivity index (χ3n) is 4.93. The van der Waals surface area contributed by atoms with Crippen molar-refractivity contribution in [3.05, 3.63) is 35.8 Å². The van der Waals surface area contributed by atoms with E-state index in [9.17, 15) is 4.79 Å². The molecule has 0 spiro atoms. The molecule has 1 atom stereocenters. The quantitative estimate of drug-likeness (QED) is 0.707. The lowest BCUT2D eigenvalue weighted by molar-refractivity contribution is -0.122. The zero-order chi connectivity index (χ0) is 17.9. The van der Waals surface area contributed by atoms with Crippen LogP contribution >= 0.6 is 0 Å². The molecule has 0 saturated carbocycles. The van der Waals surface area contributed by atoms with Gasteiger partial charge in [0.15, 0.2) is 0 Å². The number of nitrogens with zero attached hydrogens (tertiary/aromatic N) is 4. The van der Waals surface area contributed by atoms with Crippen LogP contribution in [-0.4, -0.2) is 38.2 Å². The summed E-state index contributed by atoms with van der Waals surface area (Å²) in [5, 5.41) is 15.4. The molecule has 2 heterocycles. The predicted octanol–water partition coefficient (Wildman–Crippen LogP) is 2.14. The Balaban J connectivity index is 1.44. The number of carbonyl (C=O) groups is 1. The minimum absolute atomic E-state index is 0.0395. The SMILES string of the molecule is COc1ccc2[nH]c3c(c2c1)CCC[C@H]3NC(=O)CCCn1cnnn1. The number of aryl methyl sites for hydroxylation is 2. The molecule has 3 aromatic rings. The molecule has 0 unspecified atom stereocenters. The number of benzene rings is 1. The molecule has 0 aliphatic heterocycles. The summed E-state index contributed by atoms with van der Waals surface area (Å²) in [7, 11) is 1.68. The highest BCUT2D eigenvalue weighted by atomic mass is 16.5. The van der Waals surface area contributed by atoms with Crippen molar-refractivity contribution in [3.63, 3.8) is 0 Å². The largest absolute Gasteiger partial charge is 0.497 e. The molecule has 0 radical (unpaired) electrons. The number of H-pyrrole nitrogens is 1. The van der Waals surface area contributed by atoms with Gasteiger partial charge in [0.1, 0.15) is 12.1 Å². The number of rotatable bonds is 6. The maximum atomic E-state index is 12.4. The minimum Gasteiger partial charge on any atom is -0.497 e. The van der Waals surface area contributed by atoms with Crippen LogP contribution < -0.4 is 10.1 Å². The highest BCUT2D eigenvalue weighted by Crippen LogP contribution is 2.36. The first-order valence-corrected chi connectivity index (χ1v) is 8.93. The van der Waals surface area contributed by atoms with Gasteiger partial charge in [0.05, 0.1) is 13.2 Å². The van der Waals surface area contributed by atoms with Crippen LogP contribution in [0.15, 0.2) is 24.5 Å². The van der Waals surface area contributed by atoms with E-state index in [-0.39, 0.29) is 11.9 Å². The lowest BCUT2D eigenvalue weighted by Crippen LogP contribution is -2.31. The molecule has 0 fully saturated rings. The Labute approximate surface area is 150 Å². The number of aromatic nitrogens is 5. The highest BCUT2D eigenvalue weighted by molar-refractivity contribution is 5.87. The molecular formula is C18H22N6O2. The minimum atomic E-state index is 0.0395. The molecule has 1 aliphatic rings. The normalized spacial score (nSPS) is 16.4. The molecule has 8 nitrogen and oxygen atoms in total. The van der Waals surface area contributed by atoms with Gasteiger partial charge in [-0.1, -0.05) is 0 Å². The fraction of sp³-hybridized carbons (Fsp3) is 0.444. The molecule has 136 valence electrons. The van der Waals surface area contributed by atoms with Crippen molar-refractivity contribution in [3.8, 4) is 5.75 Å². The molecule has 8 heteroatoms. The summed E-state index contributed by atoms with van der Waals surface area (Å²) < 4.78 is 6.99. The van der Waals surface area contributed by atoms with Gasteiger partial charge < -0.3 is 15.0 Å². The zero-order valence-corrected chi connectivity index (χ0v) is 14.7. The van der Waals surface area contributed by atoms with E-state index in [0.29, 0.717) is 19.4 Å². The lowest BCUT2D eigenvalue weighted by Gasteiger charge is -2.24. The molecule has 2 aromatic heterocycles. The number of fused-ring (bicyclic) bond motifs is 3. The van der Waals surface area contributed by atoms with Gasteiger partial charge in [-0.15, -0.1) is 5.10 Å². The summed E-state index contributed by atoms with van der Waals surface area (Å²) in [6.07, 6.45) is 5.76. The van der Waals surface area contributed by atoms with Crippen LogP contribution in [0, 0.1) is 0 Å². The Morgan fingerprint density at radius 3 is 3.19 bits per heavy atom. The fourth-order valence-electron chi connectivity index (χ4n) is 3.66. The molecule has 1 aliphatic carbocycles. The first-order valence-electron chi connectivity index (χ1n) is 8.93. The number of hydrogen-bond donors (Lipinski definition) is 2. The van der Waals surface area contributed by atoms with Crippen LogP contribution in [0.25, 0.3) is 10.9 Å². The average molecular weight is 354 g/mol. The predicted molar refractivity (Wildman–Crippen MR) is 95.7 cm³/mol. The van der Waals surface area contributed by atoms with Gasteiger partial charge in [0, 0.05) is 29.6 Å². The number of hydrogen-bond acceptors (Lipinski definition) is 5. The molecule has 2 N–H and O–H groups in total. The molecule has 4 rings (SSSR count). The topological polar surface area (TPSA) is 97.7 Å². The van der Waals surface area contributed by atoms with E-state index in [4.69, 9.17) is 4.74 Å². The zero-order valence-electron chi connectivity index (χ0n) is 14.7. The summed E-state index contributed by atoms with van der Waals surface area (Å²) in [6, 6.07) is 6.10. The Hall–Kier alpha value is -2.90. The maximum Gasteiger partial charge on any atom is 0.220 e. The smallest absolute Gasteiger partial charge is 0.220 e. The first-order chi connectivity index (χ1) is 12.7.